The number of nitrogens with one attached hydrogen (secondary N) is 1. The van der Waals surface area contributed by atoms with Crippen LogP contribution in [-0.4, -0.2) is 42.1 Å². The van der Waals surface area contributed by atoms with Crippen molar-refractivity contribution in [2.45, 2.75) is 33.0 Å². The smallest absolute Gasteiger partial charge is 0.416 e. The first kappa shape index (κ1) is 27.3. The number of anilines is 1. The highest BCUT2D eigenvalue weighted by Gasteiger charge is 2.30. The molecule has 0 bridgehead atoms. The lowest BCUT2D eigenvalue weighted by Gasteiger charge is -2.22. The zero-order chi connectivity index (χ0) is 28.3. The Bertz CT molecular complexity index is 1520. The van der Waals surface area contributed by atoms with Crippen molar-refractivity contribution >= 4 is 22.6 Å². The minimum absolute atomic E-state index is 0.103. The Balaban J connectivity index is 1.50. The van der Waals surface area contributed by atoms with Crippen LogP contribution in [0.4, 0.5) is 19.0 Å². The number of hydrogen-bond acceptors (Lipinski definition) is 5. The predicted octanol–water partition coefficient (Wildman–Crippen LogP) is 7.18. The Labute approximate surface area is 230 Å². The Kier molecular flexibility index (Phi) is 7.82. The maximum Gasteiger partial charge on any atom is 0.416 e. The summed E-state index contributed by atoms with van der Waals surface area (Å²) >= 11 is 0. The minimum atomic E-state index is -4.39. The Morgan fingerprint density at radius 1 is 0.925 bits per heavy atom. The fourth-order valence-corrected chi connectivity index (χ4v) is 4.74. The number of benzene rings is 3. The molecule has 1 aliphatic rings. The van der Waals surface area contributed by atoms with Gasteiger partial charge in [0.05, 0.1) is 16.6 Å². The predicted molar refractivity (Wildman–Crippen MR) is 149 cm³/mol. The number of ether oxygens (including phenoxy) is 2. The van der Waals surface area contributed by atoms with E-state index < -0.39 is 11.7 Å². The third kappa shape index (κ3) is 5.83. The van der Waals surface area contributed by atoms with Crippen molar-refractivity contribution in [3.63, 3.8) is 0 Å². The van der Waals surface area contributed by atoms with Gasteiger partial charge in [0.2, 0.25) is 0 Å². The van der Waals surface area contributed by atoms with Gasteiger partial charge in [0, 0.05) is 25.0 Å². The van der Waals surface area contributed by atoms with Gasteiger partial charge in [-0.3, -0.25) is 4.79 Å². The molecule has 3 aromatic carbocycles. The summed E-state index contributed by atoms with van der Waals surface area (Å²) in [4.78, 5) is 20.2. The third-order valence-corrected chi connectivity index (χ3v) is 6.83. The van der Waals surface area contributed by atoms with Crippen molar-refractivity contribution in [2.75, 3.05) is 31.6 Å². The molecule has 0 aliphatic carbocycles. The SMILES string of the molecule is CCCN(CC)C(=O)c1cc(NCc2ccc(C(F)(F)F)cc2)nc2ccc(-c3ccc4c(c3)OCCO4)cc12. The van der Waals surface area contributed by atoms with E-state index in [0.717, 1.165) is 29.7 Å². The summed E-state index contributed by atoms with van der Waals surface area (Å²) in [6.07, 6.45) is -3.56. The van der Waals surface area contributed by atoms with Crippen molar-refractivity contribution in [1.29, 1.82) is 0 Å². The molecule has 0 saturated carbocycles. The quantitative estimate of drug-likeness (QED) is 0.252. The Hall–Kier alpha value is -4.27. The van der Waals surface area contributed by atoms with Gasteiger partial charge in [0.25, 0.3) is 5.91 Å². The normalized spacial score (nSPS) is 12.8. The zero-order valence-electron chi connectivity index (χ0n) is 22.3. The average Bonchev–Trinajstić information content (AvgIpc) is 2.97. The molecular weight excluding hydrogens is 519 g/mol. The molecule has 0 saturated heterocycles. The van der Waals surface area contributed by atoms with Gasteiger partial charge < -0.3 is 19.7 Å². The molecule has 0 fully saturated rings. The molecule has 1 aromatic heterocycles. The van der Waals surface area contributed by atoms with Gasteiger partial charge in [0.1, 0.15) is 19.0 Å². The molecule has 5 rings (SSSR count). The van der Waals surface area contributed by atoms with E-state index in [2.05, 4.69) is 5.32 Å². The minimum Gasteiger partial charge on any atom is -0.486 e. The number of pyridine rings is 1. The van der Waals surface area contributed by atoms with E-state index in [1.807, 2.05) is 50.2 Å². The second-order valence-electron chi connectivity index (χ2n) is 9.58. The number of nitrogens with zero attached hydrogens (tertiary/aromatic N) is 2. The lowest BCUT2D eigenvalue weighted by atomic mass is 9.99. The van der Waals surface area contributed by atoms with Crippen LogP contribution < -0.4 is 14.8 Å². The first-order chi connectivity index (χ1) is 19.3. The number of fused-ring (bicyclic) bond motifs is 2. The molecule has 4 aromatic rings. The lowest BCUT2D eigenvalue weighted by Crippen LogP contribution is -2.31. The van der Waals surface area contributed by atoms with Crippen LogP contribution in [0.1, 0.15) is 41.8 Å². The monoisotopic (exact) mass is 549 g/mol. The van der Waals surface area contributed by atoms with Gasteiger partial charge in [-0.25, -0.2) is 4.98 Å². The molecule has 208 valence electrons. The number of carbonyl (C=O) groups is 1. The van der Waals surface area contributed by atoms with Crippen LogP contribution in [0.5, 0.6) is 11.5 Å². The summed E-state index contributed by atoms with van der Waals surface area (Å²) in [5.74, 6) is 1.75. The highest BCUT2D eigenvalue weighted by molar-refractivity contribution is 6.08. The van der Waals surface area contributed by atoms with Crippen LogP contribution in [0.2, 0.25) is 0 Å². The van der Waals surface area contributed by atoms with Crippen LogP contribution in [0.15, 0.2) is 66.7 Å². The molecule has 0 radical (unpaired) electrons. The zero-order valence-corrected chi connectivity index (χ0v) is 22.3. The molecule has 9 heteroatoms. The summed E-state index contributed by atoms with van der Waals surface area (Å²) in [6.45, 7) is 6.41. The van der Waals surface area contributed by atoms with E-state index in [-0.39, 0.29) is 12.5 Å². The van der Waals surface area contributed by atoms with E-state index in [1.165, 1.54) is 12.1 Å². The van der Waals surface area contributed by atoms with Crippen LogP contribution in [0, 0.1) is 0 Å². The second-order valence-corrected chi connectivity index (χ2v) is 9.58. The molecule has 40 heavy (non-hydrogen) atoms. The van der Waals surface area contributed by atoms with Gasteiger partial charge in [-0.1, -0.05) is 31.2 Å². The topological polar surface area (TPSA) is 63.7 Å². The number of aromatic nitrogens is 1. The summed E-state index contributed by atoms with van der Waals surface area (Å²) in [5.41, 5.74) is 2.94. The molecule has 0 spiro atoms. The molecule has 1 amide bonds. The second kappa shape index (κ2) is 11.5. The van der Waals surface area contributed by atoms with E-state index in [1.54, 1.807) is 11.0 Å². The fraction of sp³-hybridized carbons (Fsp3) is 0.290. The lowest BCUT2D eigenvalue weighted by molar-refractivity contribution is -0.137. The first-order valence-electron chi connectivity index (χ1n) is 13.3. The summed E-state index contributed by atoms with van der Waals surface area (Å²) in [5, 5.41) is 3.90. The highest BCUT2D eigenvalue weighted by Crippen LogP contribution is 2.36. The van der Waals surface area contributed by atoms with Gasteiger partial charge in [-0.2, -0.15) is 13.2 Å². The number of amides is 1. The van der Waals surface area contributed by atoms with E-state index in [0.29, 0.717) is 65.6 Å². The number of rotatable bonds is 8. The van der Waals surface area contributed by atoms with Crippen molar-refractivity contribution in [1.82, 2.24) is 9.88 Å². The molecule has 0 atom stereocenters. The van der Waals surface area contributed by atoms with E-state index in [9.17, 15) is 18.0 Å². The fourth-order valence-electron chi connectivity index (χ4n) is 4.74. The maximum absolute atomic E-state index is 13.7. The van der Waals surface area contributed by atoms with Crippen LogP contribution in [-0.2, 0) is 12.7 Å². The van der Waals surface area contributed by atoms with Crippen LogP contribution in [0.3, 0.4) is 0 Å². The Morgan fingerprint density at radius 3 is 2.33 bits per heavy atom. The van der Waals surface area contributed by atoms with Crippen LogP contribution >= 0.6 is 0 Å². The number of carbonyl (C=O) groups excluding carboxylic acids is 1. The summed E-state index contributed by atoms with van der Waals surface area (Å²) in [7, 11) is 0. The van der Waals surface area contributed by atoms with E-state index >= 15 is 0 Å². The number of alkyl halides is 3. The number of halogens is 3. The first-order valence-corrected chi connectivity index (χ1v) is 13.3. The third-order valence-electron chi connectivity index (χ3n) is 6.83. The van der Waals surface area contributed by atoms with Gasteiger partial charge >= 0.3 is 6.18 Å². The molecule has 0 unspecified atom stereocenters. The molecule has 1 aliphatic heterocycles. The molecule has 2 heterocycles. The van der Waals surface area contributed by atoms with Crippen molar-refractivity contribution in [3.05, 3.63) is 83.4 Å². The standard InChI is InChI=1S/C31H30F3N3O3/c1-3-13-37(4-2)30(38)25-18-29(35-19-20-5-9-23(10-6-20)31(32,33)34)36-26-11-7-21(16-24(25)26)22-8-12-27-28(17-22)40-15-14-39-27/h5-12,16-18H,3-4,13-15,19H2,1-2H3,(H,35,36). The summed E-state index contributed by atoms with van der Waals surface area (Å²) in [6, 6.07) is 18.3. The van der Waals surface area contributed by atoms with Crippen LogP contribution in [0.25, 0.3) is 22.0 Å². The van der Waals surface area contributed by atoms with E-state index in [4.69, 9.17) is 14.5 Å². The van der Waals surface area contributed by atoms with Crippen molar-refractivity contribution in [3.8, 4) is 22.6 Å². The highest BCUT2D eigenvalue weighted by atomic mass is 19.4. The maximum atomic E-state index is 13.7. The molecule has 6 nitrogen and oxygen atoms in total. The average molecular weight is 550 g/mol. The van der Waals surface area contributed by atoms with Gasteiger partial charge in [-0.15, -0.1) is 0 Å². The molecular formula is C31H30F3N3O3. The summed E-state index contributed by atoms with van der Waals surface area (Å²) < 4.78 is 50.2. The largest absolute Gasteiger partial charge is 0.486 e. The van der Waals surface area contributed by atoms with Gasteiger partial charge in [-0.05, 0) is 72.5 Å². The Morgan fingerprint density at radius 2 is 1.62 bits per heavy atom. The van der Waals surface area contributed by atoms with Crippen molar-refractivity contribution < 1.29 is 27.4 Å². The molecule has 1 N–H and O–H groups in total. The van der Waals surface area contributed by atoms with Crippen molar-refractivity contribution in [2.24, 2.45) is 0 Å². The van der Waals surface area contributed by atoms with Gasteiger partial charge in [0.15, 0.2) is 11.5 Å². The number of hydrogen-bond donors (Lipinski definition) is 1.